The van der Waals surface area contributed by atoms with Crippen LogP contribution in [0.4, 0.5) is 0 Å². The van der Waals surface area contributed by atoms with Crippen molar-refractivity contribution in [2.45, 2.75) is 25.9 Å². The van der Waals surface area contributed by atoms with Gasteiger partial charge in [0.15, 0.2) is 0 Å². The van der Waals surface area contributed by atoms with Crippen molar-refractivity contribution in [3.8, 4) is 0 Å². The summed E-state index contributed by atoms with van der Waals surface area (Å²) in [6, 6.07) is 11.0. The number of carbonyl (C=O) groups is 1. The third-order valence-corrected chi connectivity index (χ3v) is 3.80. The van der Waals surface area contributed by atoms with Crippen LogP contribution in [0, 0.1) is 0 Å². The maximum Gasteiger partial charge on any atom is 0.320 e. The molecule has 0 spiro atoms. The lowest BCUT2D eigenvalue weighted by Gasteiger charge is -2.23. The van der Waals surface area contributed by atoms with Crippen molar-refractivity contribution in [2.75, 3.05) is 33.3 Å². The van der Waals surface area contributed by atoms with Gasteiger partial charge in [0.25, 0.3) is 0 Å². The van der Waals surface area contributed by atoms with Gasteiger partial charge in [-0.1, -0.05) is 30.3 Å². The van der Waals surface area contributed by atoms with Crippen LogP contribution >= 0.6 is 0 Å². The van der Waals surface area contributed by atoms with Crippen LogP contribution in [-0.4, -0.2) is 55.1 Å². The molecule has 4 heteroatoms. The van der Waals surface area contributed by atoms with Gasteiger partial charge in [-0.3, -0.25) is 14.6 Å². The second kappa shape index (κ2) is 7.41. The van der Waals surface area contributed by atoms with Gasteiger partial charge in [-0.05, 0) is 26.0 Å². The molecule has 0 N–H and O–H groups in total. The molecule has 1 heterocycles. The number of nitrogens with zero attached hydrogens (tertiary/aromatic N) is 2. The average Bonchev–Trinajstić information content (AvgIpc) is 2.89. The molecule has 1 aliphatic rings. The second-order valence-corrected chi connectivity index (χ2v) is 5.38. The second-order valence-electron chi connectivity index (χ2n) is 5.38. The van der Waals surface area contributed by atoms with E-state index < -0.39 is 0 Å². The summed E-state index contributed by atoms with van der Waals surface area (Å²) in [5.41, 5.74) is 1.35. The van der Waals surface area contributed by atoms with E-state index in [0.717, 1.165) is 26.1 Å². The van der Waals surface area contributed by atoms with Gasteiger partial charge in [-0.15, -0.1) is 0 Å². The molecule has 4 nitrogen and oxygen atoms in total. The van der Waals surface area contributed by atoms with Gasteiger partial charge in [0.05, 0.1) is 13.2 Å². The number of benzene rings is 1. The highest BCUT2D eigenvalue weighted by molar-refractivity contribution is 5.71. The number of carbonyl (C=O) groups excluding carboxylic acids is 1. The van der Waals surface area contributed by atoms with E-state index in [9.17, 15) is 4.79 Å². The molecule has 0 amide bonds. The molecular formula is C16H24N2O2. The van der Waals surface area contributed by atoms with Crippen LogP contribution in [0.2, 0.25) is 0 Å². The Morgan fingerprint density at radius 3 is 2.85 bits per heavy atom. The van der Waals surface area contributed by atoms with Crippen molar-refractivity contribution in [2.24, 2.45) is 0 Å². The van der Waals surface area contributed by atoms with E-state index in [1.807, 2.05) is 20.0 Å². The van der Waals surface area contributed by atoms with Crippen molar-refractivity contribution in [1.82, 2.24) is 9.80 Å². The monoisotopic (exact) mass is 276 g/mol. The van der Waals surface area contributed by atoms with Crippen LogP contribution in [-0.2, 0) is 16.1 Å². The minimum absolute atomic E-state index is 0.128. The molecule has 0 radical (unpaired) electrons. The highest BCUT2D eigenvalue weighted by atomic mass is 16.5. The van der Waals surface area contributed by atoms with Gasteiger partial charge in [-0.2, -0.15) is 0 Å². The van der Waals surface area contributed by atoms with E-state index in [1.54, 1.807) is 0 Å². The lowest BCUT2D eigenvalue weighted by Crippen LogP contribution is -2.38. The molecule has 1 atom stereocenters. The Bertz CT molecular complexity index is 422. The van der Waals surface area contributed by atoms with Gasteiger partial charge in [0.2, 0.25) is 0 Å². The number of likely N-dealkylation sites (N-methyl/N-ethyl adjacent to an activating group) is 1. The summed E-state index contributed by atoms with van der Waals surface area (Å²) in [5, 5.41) is 0. The molecule has 0 saturated carbocycles. The minimum atomic E-state index is -0.128. The number of likely N-dealkylation sites (tertiary alicyclic amines) is 1. The standard InChI is InChI=1S/C16H24N2O2/c1-3-20-16(19)13-17(2)15-9-10-18(12-15)11-14-7-5-4-6-8-14/h4-8,15H,3,9-13H2,1-2H3/t15-/m0/s1. The first-order valence-corrected chi connectivity index (χ1v) is 7.31. The third-order valence-electron chi connectivity index (χ3n) is 3.80. The molecule has 110 valence electrons. The summed E-state index contributed by atoms with van der Waals surface area (Å²) in [6.07, 6.45) is 1.11. The Labute approximate surface area is 121 Å². The fourth-order valence-corrected chi connectivity index (χ4v) is 2.70. The van der Waals surface area contributed by atoms with Crippen LogP contribution in [0.25, 0.3) is 0 Å². The first kappa shape index (κ1) is 15.0. The van der Waals surface area contributed by atoms with Gasteiger partial charge in [-0.25, -0.2) is 0 Å². The summed E-state index contributed by atoms with van der Waals surface area (Å²) < 4.78 is 5.00. The first-order valence-electron chi connectivity index (χ1n) is 7.31. The zero-order valence-electron chi connectivity index (χ0n) is 12.4. The maximum absolute atomic E-state index is 11.5. The van der Waals surface area contributed by atoms with Crippen LogP contribution in [0.5, 0.6) is 0 Å². The van der Waals surface area contributed by atoms with Gasteiger partial charge in [0.1, 0.15) is 0 Å². The molecule has 1 aromatic carbocycles. The molecule has 1 aromatic rings. The fourth-order valence-electron chi connectivity index (χ4n) is 2.70. The number of ether oxygens (including phenoxy) is 1. The smallest absolute Gasteiger partial charge is 0.320 e. The normalized spacial score (nSPS) is 19.4. The predicted octanol–water partition coefficient (Wildman–Crippen LogP) is 1.76. The SMILES string of the molecule is CCOC(=O)CN(C)[C@H]1CCN(Cc2ccccc2)C1. The Balaban J connectivity index is 1.78. The average molecular weight is 276 g/mol. The summed E-state index contributed by atoms with van der Waals surface area (Å²) in [4.78, 5) is 16.1. The van der Waals surface area contributed by atoms with Crippen LogP contribution < -0.4 is 0 Å². The van der Waals surface area contributed by atoms with Gasteiger partial charge in [0, 0.05) is 25.7 Å². The highest BCUT2D eigenvalue weighted by Crippen LogP contribution is 2.17. The van der Waals surface area contributed by atoms with E-state index in [4.69, 9.17) is 4.74 Å². The Morgan fingerprint density at radius 2 is 2.15 bits per heavy atom. The molecule has 0 bridgehead atoms. The van der Waals surface area contributed by atoms with E-state index >= 15 is 0 Å². The number of esters is 1. The molecule has 0 unspecified atom stereocenters. The van der Waals surface area contributed by atoms with Crippen molar-refractivity contribution in [3.63, 3.8) is 0 Å². The zero-order chi connectivity index (χ0) is 14.4. The highest BCUT2D eigenvalue weighted by Gasteiger charge is 2.26. The molecule has 0 aliphatic carbocycles. The summed E-state index contributed by atoms with van der Waals surface area (Å²) in [7, 11) is 2.01. The van der Waals surface area contributed by atoms with Crippen LogP contribution in [0.1, 0.15) is 18.9 Å². The molecular weight excluding hydrogens is 252 g/mol. The molecule has 1 fully saturated rings. The maximum atomic E-state index is 11.5. The van der Waals surface area contributed by atoms with Crippen LogP contribution in [0.3, 0.4) is 0 Å². The molecule has 0 aromatic heterocycles. The fraction of sp³-hybridized carbons (Fsp3) is 0.562. The first-order chi connectivity index (χ1) is 9.69. The topological polar surface area (TPSA) is 32.8 Å². The number of hydrogen-bond donors (Lipinski definition) is 0. The molecule has 2 rings (SSSR count). The van der Waals surface area contributed by atoms with Crippen molar-refractivity contribution >= 4 is 5.97 Å². The lowest BCUT2D eigenvalue weighted by atomic mass is 10.2. The number of hydrogen-bond acceptors (Lipinski definition) is 4. The molecule has 1 aliphatic heterocycles. The van der Waals surface area contributed by atoms with E-state index in [0.29, 0.717) is 19.2 Å². The third kappa shape index (κ3) is 4.32. The van der Waals surface area contributed by atoms with Crippen LogP contribution in [0.15, 0.2) is 30.3 Å². The quantitative estimate of drug-likeness (QED) is 0.741. The van der Waals surface area contributed by atoms with E-state index in [1.165, 1.54) is 5.56 Å². The Morgan fingerprint density at radius 1 is 1.40 bits per heavy atom. The van der Waals surface area contributed by atoms with Gasteiger partial charge >= 0.3 is 5.97 Å². The predicted molar refractivity (Wildman–Crippen MR) is 79.4 cm³/mol. The Hall–Kier alpha value is -1.39. The summed E-state index contributed by atoms with van der Waals surface area (Å²) in [6.45, 7) is 5.78. The minimum Gasteiger partial charge on any atom is -0.465 e. The summed E-state index contributed by atoms with van der Waals surface area (Å²) >= 11 is 0. The summed E-state index contributed by atoms with van der Waals surface area (Å²) in [5.74, 6) is -0.128. The lowest BCUT2D eigenvalue weighted by molar-refractivity contribution is -0.144. The largest absolute Gasteiger partial charge is 0.465 e. The van der Waals surface area contributed by atoms with Crippen molar-refractivity contribution < 1.29 is 9.53 Å². The van der Waals surface area contributed by atoms with Gasteiger partial charge < -0.3 is 4.74 Å². The Kier molecular flexibility index (Phi) is 5.56. The zero-order valence-corrected chi connectivity index (χ0v) is 12.4. The molecule has 1 saturated heterocycles. The van der Waals surface area contributed by atoms with Crippen molar-refractivity contribution in [1.29, 1.82) is 0 Å². The number of rotatable bonds is 6. The molecule has 20 heavy (non-hydrogen) atoms. The van der Waals surface area contributed by atoms with E-state index in [2.05, 4.69) is 34.1 Å². The van der Waals surface area contributed by atoms with Crippen molar-refractivity contribution in [3.05, 3.63) is 35.9 Å². The van der Waals surface area contributed by atoms with E-state index in [-0.39, 0.29) is 5.97 Å².